The molecule has 0 radical (unpaired) electrons. The van der Waals surface area contributed by atoms with E-state index in [0.29, 0.717) is 12.1 Å². The molecule has 102 valence electrons. The molecular formula is C15H27N3. The van der Waals surface area contributed by atoms with Crippen molar-refractivity contribution >= 4 is 5.69 Å². The molecule has 18 heavy (non-hydrogen) atoms. The molecule has 0 aliphatic heterocycles. The fourth-order valence-electron chi connectivity index (χ4n) is 2.86. The molecule has 0 bridgehead atoms. The van der Waals surface area contributed by atoms with Gasteiger partial charge in [-0.3, -0.25) is 4.68 Å². The third-order valence-corrected chi connectivity index (χ3v) is 4.17. The Morgan fingerprint density at radius 2 is 2.17 bits per heavy atom. The Morgan fingerprint density at radius 1 is 1.33 bits per heavy atom. The van der Waals surface area contributed by atoms with Crippen LogP contribution in [0, 0.1) is 5.92 Å². The van der Waals surface area contributed by atoms with Crippen LogP contribution in [0.4, 0.5) is 5.69 Å². The molecule has 0 spiro atoms. The van der Waals surface area contributed by atoms with Gasteiger partial charge in [0, 0.05) is 18.3 Å². The van der Waals surface area contributed by atoms with Crippen molar-refractivity contribution in [2.45, 2.75) is 71.4 Å². The number of hydrogen-bond donors (Lipinski definition) is 1. The van der Waals surface area contributed by atoms with Crippen LogP contribution in [-0.4, -0.2) is 15.8 Å². The van der Waals surface area contributed by atoms with Crippen LogP contribution in [-0.2, 0) is 0 Å². The summed E-state index contributed by atoms with van der Waals surface area (Å²) in [6.07, 6.45) is 12.2. The van der Waals surface area contributed by atoms with Crippen molar-refractivity contribution in [2.75, 3.05) is 5.32 Å². The van der Waals surface area contributed by atoms with E-state index >= 15 is 0 Å². The predicted molar refractivity (Wildman–Crippen MR) is 76.9 cm³/mol. The number of hydrogen-bond acceptors (Lipinski definition) is 2. The minimum atomic E-state index is 0.444. The van der Waals surface area contributed by atoms with Crippen LogP contribution in [0.5, 0.6) is 0 Å². The second-order valence-corrected chi connectivity index (χ2v) is 5.93. The maximum absolute atomic E-state index is 4.39. The van der Waals surface area contributed by atoms with E-state index in [4.69, 9.17) is 0 Å². The molecular weight excluding hydrogens is 222 g/mol. The molecule has 3 heteroatoms. The molecule has 1 aliphatic rings. The average Bonchev–Trinajstić information content (AvgIpc) is 2.69. The molecule has 2 rings (SSSR count). The predicted octanol–water partition coefficient (Wildman–Crippen LogP) is 4.23. The van der Waals surface area contributed by atoms with Gasteiger partial charge in [-0.1, -0.05) is 26.2 Å². The van der Waals surface area contributed by atoms with E-state index in [1.54, 1.807) is 0 Å². The summed E-state index contributed by atoms with van der Waals surface area (Å²) in [6, 6.07) is 1.09. The lowest BCUT2D eigenvalue weighted by Gasteiger charge is -2.16. The zero-order chi connectivity index (χ0) is 13.0. The first-order valence-electron chi connectivity index (χ1n) is 7.49. The van der Waals surface area contributed by atoms with Crippen molar-refractivity contribution in [1.29, 1.82) is 0 Å². The van der Waals surface area contributed by atoms with Gasteiger partial charge in [0.1, 0.15) is 0 Å². The molecule has 0 saturated heterocycles. The van der Waals surface area contributed by atoms with Crippen molar-refractivity contribution in [3.8, 4) is 0 Å². The molecule has 3 nitrogen and oxygen atoms in total. The van der Waals surface area contributed by atoms with E-state index in [9.17, 15) is 0 Å². The summed E-state index contributed by atoms with van der Waals surface area (Å²) in [5.41, 5.74) is 1.18. The molecule has 1 aromatic heterocycles. The molecule has 0 aromatic carbocycles. The van der Waals surface area contributed by atoms with E-state index in [2.05, 4.69) is 37.4 Å². The van der Waals surface area contributed by atoms with Crippen LogP contribution in [0.25, 0.3) is 0 Å². The normalized spacial score (nSPS) is 25.1. The van der Waals surface area contributed by atoms with Crippen LogP contribution < -0.4 is 5.32 Å². The molecule has 2 unspecified atom stereocenters. The van der Waals surface area contributed by atoms with Crippen LogP contribution in [0.1, 0.15) is 65.3 Å². The maximum Gasteiger partial charge on any atom is 0.0728 e. The molecule has 2 atom stereocenters. The minimum Gasteiger partial charge on any atom is -0.380 e. The Hall–Kier alpha value is -0.990. The van der Waals surface area contributed by atoms with Gasteiger partial charge in [0.2, 0.25) is 0 Å². The van der Waals surface area contributed by atoms with Crippen molar-refractivity contribution in [3.05, 3.63) is 12.4 Å². The van der Waals surface area contributed by atoms with Gasteiger partial charge < -0.3 is 5.32 Å². The first-order valence-corrected chi connectivity index (χ1v) is 7.49. The quantitative estimate of drug-likeness (QED) is 0.809. The lowest BCUT2D eigenvalue weighted by molar-refractivity contribution is 0.444. The van der Waals surface area contributed by atoms with E-state index in [-0.39, 0.29) is 0 Å². The number of rotatable bonds is 4. The summed E-state index contributed by atoms with van der Waals surface area (Å²) in [4.78, 5) is 0. The molecule has 0 amide bonds. The Balaban J connectivity index is 1.88. The first-order chi connectivity index (χ1) is 8.69. The monoisotopic (exact) mass is 249 g/mol. The van der Waals surface area contributed by atoms with Crippen molar-refractivity contribution in [1.82, 2.24) is 9.78 Å². The van der Waals surface area contributed by atoms with E-state index in [0.717, 1.165) is 5.92 Å². The van der Waals surface area contributed by atoms with Crippen molar-refractivity contribution in [3.63, 3.8) is 0 Å². The zero-order valence-electron chi connectivity index (χ0n) is 12.0. The molecule has 1 aromatic rings. The SMILES string of the molecule is CCC1CCCC(Nc2cnn(C(C)C)c2)CC1. The summed E-state index contributed by atoms with van der Waals surface area (Å²) in [5.74, 6) is 0.954. The lowest BCUT2D eigenvalue weighted by atomic mass is 9.98. The molecule has 1 saturated carbocycles. The van der Waals surface area contributed by atoms with E-state index < -0.39 is 0 Å². The molecule has 1 N–H and O–H groups in total. The molecule has 1 fully saturated rings. The summed E-state index contributed by atoms with van der Waals surface area (Å²) in [5, 5.41) is 8.05. The Bertz CT molecular complexity index is 356. The number of anilines is 1. The molecule has 1 heterocycles. The topological polar surface area (TPSA) is 29.9 Å². The summed E-state index contributed by atoms with van der Waals surface area (Å²) in [7, 11) is 0. The number of nitrogens with one attached hydrogen (secondary N) is 1. The average molecular weight is 249 g/mol. The smallest absolute Gasteiger partial charge is 0.0728 e. The van der Waals surface area contributed by atoms with Gasteiger partial charge in [0.15, 0.2) is 0 Å². The van der Waals surface area contributed by atoms with Gasteiger partial charge in [-0.2, -0.15) is 5.10 Å². The highest BCUT2D eigenvalue weighted by Gasteiger charge is 2.18. The summed E-state index contributed by atoms with van der Waals surface area (Å²) >= 11 is 0. The van der Waals surface area contributed by atoms with Gasteiger partial charge in [-0.05, 0) is 39.0 Å². The van der Waals surface area contributed by atoms with E-state index in [1.165, 1.54) is 44.2 Å². The van der Waals surface area contributed by atoms with E-state index in [1.807, 2.05) is 10.9 Å². The fourth-order valence-corrected chi connectivity index (χ4v) is 2.86. The Morgan fingerprint density at radius 3 is 2.83 bits per heavy atom. The third-order valence-electron chi connectivity index (χ3n) is 4.17. The number of aromatic nitrogens is 2. The van der Waals surface area contributed by atoms with Gasteiger partial charge in [0.25, 0.3) is 0 Å². The summed E-state index contributed by atoms with van der Waals surface area (Å²) in [6.45, 7) is 6.65. The third kappa shape index (κ3) is 3.50. The highest BCUT2D eigenvalue weighted by Crippen LogP contribution is 2.27. The van der Waals surface area contributed by atoms with Crippen LogP contribution in [0.2, 0.25) is 0 Å². The number of nitrogens with zero attached hydrogens (tertiary/aromatic N) is 2. The Labute approximate surface area is 111 Å². The van der Waals surface area contributed by atoms with Gasteiger partial charge in [0.05, 0.1) is 11.9 Å². The Kier molecular flexibility index (Phi) is 4.67. The minimum absolute atomic E-state index is 0.444. The van der Waals surface area contributed by atoms with Crippen molar-refractivity contribution < 1.29 is 0 Å². The van der Waals surface area contributed by atoms with Crippen LogP contribution in [0.3, 0.4) is 0 Å². The fraction of sp³-hybridized carbons (Fsp3) is 0.800. The van der Waals surface area contributed by atoms with Crippen molar-refractivity contribution in [2.24, 2.45) is 5.92 Å². The summed E-state index contributed by atoms with van der Waals surface area (Å²) < 4.78 is 2.02. The first kappa shape index (κ1) is 13.4. The zero-order valence-corrected chi connectivity index (χ0v) is 12.0. The molecule has 1 aliphatic carbocycles. The largest absolute Gasteiger partial charge is 0.380 e. The van der Waals surface area contributed by atoms with Gasteiger partial charge in [-0.15, -0.1) is 0 Å². The second kappa shape index (κ2) is 6.26. The maximum atomic E-state index is 4.39. The highest BCUT2D eigenvalue weighted by atomic mass is 15.3. The lowest BCUT2D eigenvalue weighted by Crippen LogP contribution is -2.18. The second-order valence-electron chi connectivity index (χ2n) is 5.93. The standard InChI is InChI=1S/C15H27N3/c1-4-13-6-5-7-14(9-8-13)17-15-10-16-18(11-15)12(2)3/h10-14,17H,4-9H2,1-3H3. The van der Waals surface area contributed by atoms with Gasteiger partial charge >= 0.3 is 0 Å². The highest BCUT2D eigenvalue weighted by molar-refractivity contribution is 5.39. The van der Waals surface area contributed by atoms with Gasteiger partial charge in [-0.25, -0.2) is 0 Å². The van der Waals surface area contributed by atoms with Crippen LogP contribution >= 0.6 is 0 Å². The van der Waals surface area contributed by atoms with Crippen LogP contribution in [0.15, 0.2) is 12.4 Å².